The van der Waals surface area contributed by atoms with E-state index in [2.05, 4.69) is 39.8 Å². The van der Waals surface area contributed by atoms with E-state index in [1.165, 1.54) is 11.1 Å². The zero-order chi connectivity index (χ0) is 19.7. The number of rotatable bonds is 4. The zero-order valence-electron chi connectivity index (χ0n) is 16.0. The van der Waals surface area contributed by atoms with Crippen LogP contribution in [0.1, 0.15) is 29.7 Å². The van der Waals surface area contributed by atoms with Gasteiger partial charge in [0.25, 0.3) is 0 Å². The lowest BCUT2D eigenvalue weighted by Gasteiger charge is -2.42. The van der Waals surface area contributed by atoms with Gasteiger partial charge in [0.2, 0.25) is 5.91 Å². The lowest BCUT2D eigenvalue weighted by atomic mass is 9.90. The number of carbonyl (C=O) groups is 1. The van der Waals surface area contributed by atoms with Gasteiger partial charge in [-0.2, -0.15) is 0 Å². The minimum atomic E-state index is -0.539. The molecule has 4 rings (SSSR count). The van der Waals surface area contributed by atoms with Crippen LogP contribution in [0.2, 0.25) is 10.0 Å². The number of fused-ring (bicyclic) bond motifs is 1. The molecule has 1 unspecified atom stereocenters. The molecule has 6 heteroatoms. The number of nitrogens with zero attached hydrogens (tertiary/aromatic N) is 1. The first-order valence-electron chi connectivity index (χ1n) is 9.77. The summed E-state index contributed by atoms with van der Waals surface area (Å²) in [6.07, 6.45) is 1.50. The summed E-state index contributed by atoms with van der Waals surface area (Å²) >= 11 is 12.3. The highest BCUT2D eigenvalue weighted by molar-refractivity contribution is 6.34. The number of hydrogen-bond donors (Lipinski definition) is 2. The highest BCUT2D eigenvalue weighted by Gasteiger charge is 2.48. The fourth-order valence-corrected chi connectivity index (χ4v) is 5.00. The third-order valence-corrected chi connectivity index (χ3v) is 6.40. The van der Waals surface area contributed by atoms with Crippen LogP contribution in [0.25, 0.3) is 0 Å². The van der Waals surface area contributed by atoms with E-state index in [0.717, 1.165) is 44.6 Å². The van der Waals surface area contributed by atoms with Crippen LogP contribution in [0, 0.1) is 0 Å². The molecule has 1 fully saturated rings. The van der Waals surface area contributed by atoms with E-state index in [9.17, 15) is 4.79 Å². The van der Waals surface area contributed by atoms with Gasteiger partial charge in [-0.3, -0.25) is 9.69 Å². The van der Waals surface area contributed by atoms with Crippen LogP contribution >= 0.6 is 23.2 Å². The molecule has 2 aliphatic rings. The molecule has 1 heterocycles. The molecule has 0 spiro atoms. The van der Waals surface area contributed by atoms with Crippen molar-refractivity contribution in [3.8, 4) is 0 Å². The van der Waals surface area contributed by atoms with E-state index in [-0.39, 0.29) is 11.9 Å². The SMILES string of the molecule is CC(NC(=O)C1(N2CCNCC2)Cc2ccccc2C1)c1cc(Cl)cc(Cl)c1. The van der Waals surface area contributed by atoms with Crippen molar-refractivity contribution < 1.29 is 4.79 Å². The van der Waals surface area contributed by atoms with Crippen molar-refractivity contribution in [2.75, 3.05) is 26.2 Å². The second-order valence-corrected chi connectivity index (χ2v) is 8.66. The first kappa shape index (κ1) is 19.7. The predicted molar refractivity (Wildman–Crippen MR) is 114 cm³/mol. The van der Waals surface area contributed by atoms with Crippen molar-refractivity contribution in [1.82, 2.24) is 15.5 Å². The van der Waals surface area contributed by atoms with Gasteiger partial charge >= 0.3 is 0 Å². The average Bonchev–Trinajstić information content (AvgIpc) is 3.09. The van der Waals surface area contributed by atoms with Gasteiger partial charge in [0, 0.05) is 49.1 Å². The van der Waals surface area contributed by atoms with E-state index in [1.54, 1.807) is 6.07 Å². The first-order chi connectivity index (χ1) is 13.5. The third kappa shape index (κ3) is 3.79. The molecule has 4 nitrogen and oxygen atoms in total. The molecular formula is C22H25Cl2N3O. The van der Waals surface area contributed by atoms with E-state index < -0.39 is 5.54 Å². The smallest absolute Gasteiger partial charge is 0.241 e. The highest BCUT2D eigenvalue weighted by Crippen LogP contribution is 2.36. The summed E-state index contributed by atoms with van der Waals surface area (Å²) in [7, 11) is 0. The summed E-state index contributed by atoms with van der Waals surface area (Å²) in [6, 6.07) is 13.7. The molecule has 0 aromatic heterocycles. The Morgan fingerprint density at radius 3 is 2.21 bits per heavy atom. The first-order valence-corrected chi connectivity index (χ1v) is 10.5. The molecular weight excluding hydrogens is 393 g/mol. The Morgan fingerprint density at radius 1 is 1.07 bits per heavy atom. The Balaban J connectivity index is 1.61. The zero-order valence-corrected chi connectivity index (χ0v) is 17.5. The lowest BCUT2D eigenvalue weighted by Crippen LogP contribution is -2.64. The average molecular weight is 418 g/mol. The van der Waals surface area contributed by atoms with Crippen LogP contribution in [0.5, 0.6) is 0 Å². The van der Waals surface area contributed by atoms with Crippen LogP contribution < -0.4 is 10.6 Å². The molecule has 1 amide bonds. The summed E-state index contributed by atoms with van der Waals surface area (Å²) in [5.41, 5.74) is 2.92. The predicted octanol–water partition coefficient (Wildman–Crippen LogP) is 3.61. The maximum atomic E-state index is 13.6. The molecule has 1 aliphatic carbocycles. The molecule has 1 saturated heterocycles. The number of piperazine rings is 1. The van der Waals surface area contributed by atoms with Gasteiger partial charge in [-0.1, -0.05) is 47.5 Å². The Bertz CT molecular complexity index is 835. The van der Waals surface area contributed by atoms with Crippen LogP contribution in [0.4, 0.5) is 0 Å². The molecule has 2 aromatic rings. The van der Waals surface area contributed by atoms with Crippen molar-refractivity contribution in [3.05, 3.63) is 69.2 Å². The summed E-state index contributed by atoms with van der Waals surface area (Å²) in [5.74, 6) is 0.0780. The number of carbonyl (C=O) groups excluding carboxylic acids is 1. The van der Waals surface area contributed by atoms with Gasteiger partial charge in [0.15, 0.2) is 0 Å². The van der Waals surface area contributed by atoms with Gasteiger partial charge in [-0.05, 0) is 41.8 Å². The van der Waals surface area contributed by atoms with Crippen LogP contribution in [0.15, 0.2) is 42.5 Å². The largest absolute Gasteiger partial charge is 0.348 e. The van der Waals surface area contributed by atoms with Crippen molar-refractivity contribution in [1.29, 1.82) is 0 Å². The number of halogens is 2. The monoisotopic (exact) mass is 417 g/mol. The maximum absolute atomic E-state index is 13.6. The lowest BCUT2D eigenvalue weighted by molar-refractivity contribution is -0.134. The summed E-state index contributed by atoms with van der Waals surface area (Å²) < 4.78 is 0. The number of hydrogen-bond acceptors (Lipinski definition) is 3. The maximum Gasteiger partial charge on any atom is 0.241 e. The molecule has 1 aliphatic heterocycles. The fourth-order valence-electron chi connectivity index (χ4n) is 4.46. The second-order valence-electron chi connectivity index (χ2n) is 7.79. The van der Waals surface area contributed by atoms with E-state index in [4.69, 9.17) is 23.2 Å². The summed E-state index contributed by atoms with van der Waals surface area (Å²) in [6.45, 7) is 5.54. The van der Waals surface area contributed by atoms with Gasteiger partial charge in [0.05, 0.1) is 6.04 Å². The number of benzene rings is 2. The van der Waals surface area contributed by atoms with Gasteiger partial charge in [-0.15, -0.1) is 0 Å². The molecule has 148 valence electrons. The van der Waals surface area contributed by atoms with Crippen LogP contribution in [-0.4, -0.2) is 42.5 Å². The Hall–Kier alpha value is -1.59. The molecule has 0 saturated carbocycles. The number of nitrogens with one attached hydrogen (secondary N) is 2. The molecule has 1 atom stereocenters. The number of amides is 1. The molecule has 0 bridgehead atoms. The Labute approximate surface area is 176 Å². The van der Waals surface area contributed by atoms with Crippen LogP contribution in [0.3, 0.4) is 0 Å². The Kier molecular flexibility index (Phi) is 5.66. The molecule has 28 heavy (non-hydrogen) atoms. The summed E-state index contributed by atoms with van der Waals surface area (Å²) in [5, 5.41) is 7.79. The van der Waals surface area contributed by atoms with E-state index in [0.29, 0.717) is 10.0 Å². The standard InChI is InChI=1S/C22H25Cl2N3O/c1-15(18-10-19(23)12-20(24)11-18)26-21(28)22(27-8-6-25-7-9-27)13-16-4-2-3-5-17(16)14-22/h2-5,10-12,15,25H,6-9,13-14H2,1H3,(H,26,28). The fraction of sp³-hybridized carbons (Fsp3) is 0.409. The summed E-state index contributed by atoms with van der Waals surface area (Å²) in [4.78, 5) is 16.0. The molecule has 0 radical (unpaired) electrons. The topological polar surface area (TPSA) is 44.4 Å². The molecule has 2 aromatic carbocycles. The minimum Gasteiger partial charge on any atom is -0.348 e. The van der Waals surface area contributed by atoms with Gasteiger partial charge < -0.3 is 10.6 Å². The van der Waals surface area contributed by atoms with Crippen molar-refractivity contribution in [2.45, 2.75) is 31.3 Å². The van der Waals surface area contributed by atoms with E-state index >= 15 is 0 Å². The van der Waals surface area contributed by atoms with Gasteiger partial charge in [0.1, 0.15) is 5.54 Å². The third-order valence-electron chi connectivity index (χ3n) is 5.96. The highest BCUT2D eigenvalue weighted by atomic mass is 35.5. The Morgan fingerprint density at radius 2 is 1.64 bits per heavy atom. The van der Waals surface area contributed by atoms with Crippen molar-refractivity contribution >= 4 is 29.1 Å². The minimum absolute atomic E-state index is 0.0780. The van der Waals surface area contributed by atoms with Crippen molar-refractivity contribution in [2.24, 2.45) is 0 Å². The van der Waals surface area contributed by atoms with Crippen LogP contribution in [-0.2, 0) is 17.6 Å². The van der Waals surface area contributed by atoms with Crippen molar-refractivity contribution in [3.63, 3.8) is 0 Å². The van der Waals surface area contributed by atoms with E-state index in [1.807, 2.05) is 19.1 Å². The quantitative estimate of drug-likeness (QED) is 0.798. The molecule has 2 N–H and O–H groups in total. The van der Waals surface area contributed by atoms with Gasteiger partial charge in [-0.25, -0.2) is 0 Å². The second kappa shape index (κ2) is 8.03. The normalized spacial score (nSPS) is 19.8.